The molecule has 0 saturated carbocycles. The Morgan fingerprint density at radius 2 is 1.84 bits per heavy atom. The first-order valence-corrected chi connectivity index (χ1v) is 7.09. The van der Waals surface area contributed by atoms with Gasteiger partial charge in [0.05, 0.1) is 0 Å². The standard InChI is InChI=1S/C13H18F3NOS/c14-13(15,16)11-18-9-4-7-17-8-10-19-12-5-2-1-3-6-12/h1-3,5-6,17H,4,7-11H2. The van der Waals surface area contributed by atoms with Gasteiger partial charge in [0.15, 0.2) is 0 Å². The van der Waals surface area contributed by atoms with E-state index >= 15 is 0 Å². The number of ether oxygens (including phenoxy) is 1. The Balaban J connectivity index is 1.87. The summed E-state index contributed by atoms with van der Waals surface area (Å²) in [6, 6.07) is 10.1. The topological polar surface area (TPSA) is 21.3 Å². The molecule has 0 bridgehead atoms. The zero-order valence-corrected chi connectivity index (χ0v) is 11.4. The summed E-state index contributed by atoms with van der Waals surface area (Å²) in [5, 5.41) is 3.17. The molecule has 1 N–H and O–H groups in total. The van der Waals surface area contributed by atoms with Gasteiger partial charge in [-0.1, -0.05) is 18.2 Å². The minimum Gasteiger partial charge on any atom is -0.372 e. The lowest BCUT2D eigenvalue weighted by molar-refractivity contribution is -0.173. The molecule has 0 amide bonds. The lowest BCUT2D eigenvalue weighted by atomic mass is 10.4. The minimum absolute atomic E-state index is 0.137. The maximum atomic E-state index is 11.7. The highest BCUT2D eigenvalue weighted by Gasteiger charge is 2.27. The molecule has 19 heavy (non-hydrogen) atoms. The quantitative estimate of drug-likeness (QED) is 0.557. The maximum absolute atomic E-state index is 11.7. The van der Waals surface area contributed by atoms with E-state index in [1.807, 2.05) is 18.2 Å². The van der Waals surface area contributed by atoms with Gasteiger partial charge in [-0.05, 0) is 25.1 Å². The number of nitrogens with one attached hydrogen (secondary N) is 1. The van der Waals surface area contributed by atoms with E-state index in [0.717, 1.165) is 12.3 Å². The summed E-state index contributed by atoms with van der Waals surface area (Å²) in [4.78, 5) is 1.22. The molecule has 0 fully saturated rings. The van der Waals surface area contributed by atoms with E-state index in [1.165, 1.54) is 4.90 Å². The summed E-state index contributed by atoms with van der Waals surface area (Å²) >= 11 is 1.75. The summed E-state index contributed by atoms with van der Waals surface area (Å²) in [5.41, 5.74) is 0. The smallest absolute Gasteiger partial charge is 0.372 e. The van der Waals surface area contributed by atoms with Crippen molar-refractivity contribution in [1.29, 1.82) is 0 Å². The molecular weight excluding hydrogens is 275 g/mol. The number of benzene rings is 1. The molecule has 0 radical (unpaired) electrons. The van der Waals surface area contributed by atoms with E-state index in [-0.39, 0.29) is 6.61 Å². The van der Waals surface area contributed by atoms with E-state index in [0.29, 0.717) is 13.0 Å². The average molecular weight is 293 g/mol. The molecule has 0 unspecified atom stereocenters. The van der Waals surface area contributed by atoms with Gasteiger partial charge in [-0.15, -0.1) is 11.8 Å². The van der Waals surface area contributed by atoms with Gasteiger partial charge in [-0.25, -0.2) is 0 Å². The molecule has 1 aromatic rings. The average Bonchev–Trinajstić information content (AvgIpc) is 2.37. The van der Waals surface area contributed by atoms with E-state index in [2.05, 4.69) is 22.2 Å². The Morgan fingerprint density at radius 3 is 2.53 bits per heavy atom. The molecule has 1 rings (SSSR count). The highest BCUT2D eigenvalue weighted by molar-refractivity contribution is 7.99. The highest BCUT2D eigenvalue weighted by Crippen LogP contribution is 2.16. The highest BCUT2D eigenvalue weighted by atomic mass is 32.2. The molecule has 0 aliphatic carbocycles. The summed E-state index contributed by atoms with van der Waals surface area (Å²) in [6.07, 6.45) is -3.63. The van der Waals surface area contributed by atoms with Crippen LogP contribution in [0.25, 0.3) is 0 Å². The molecular formula is C13H18F3NOS. The Hall–Kier alpha value is -0.720. The van der Waals surface area contributed by atoms with Crippen LogP contribution in [0.15, 0.2) is 35.2 Å². The summed E-state index contributed by atoms with van der Waals surface area (Å²) in [5.74, 6) is 0.938. The number of thioether (sulfide) groups is 1. The molecule has 0 aromatic heterocycles. The van der Waals surface area contributed by atoms with Gasteiger partial charge in [0.25, 0.3) is 0 Å². The van der Waals surface area contributed by atoms with Gasteiger partial charge in [0.2, 0.25) is 0 Å². The fourth-order valence-electron chi connectivity index (χ4n) is 1.37. The molecule has 0 aliphatic rings. The monoisotopic (exact) mass is 293 g/mol. The number of alkyl halides is 3. The summed E-state index contributed by atoms with van der Waals surface area (Å²) in [6.45, 7) is 0.487. The molecule has 1 aromatic carbocycles. The third-order valence-corrected chi connectivity index (χ3v) is 3.21. The van der Waals surface area contributed by atoms with Crippen molar-refractivity contribution < 1.29 is 17.9 Å². The molecule has 108 valence electrons. The molecule has 0 atom stereocenters. The summed E-state index contributed by atoms with van der Waals surface area (Å²) < 4.78 is 39.8. The van der Waals surface area contributed by atoms with Crippen molar-refractivity contribution in [2.45, 2.75) is 17.5 Å². The maximum Gasteiger partial charge on any atom is 0.411 e. The number of halogens is 3. The summed E-state index contributed by atoms with van der Waals surface area (Å²) in [7, 11) is 0. The van der Waals surface area contributed by atoms with Gasteiger partial charge < -0.3 is 10.1 Å². The van der Waals surface area contributed by atoms with Gasteiger partial charge in [0.1, 0.15) is 6.61 Å². The van der Waals surface area contributed by atoms with Crippen LogP contribution in [0.1, 0.15) is 6.42 Å². The van der Waals surface area contributed by atoms with E-state index < -0.39 is 12.8 Å². The van der Waals surface area contributed by atoms with Crippen LogP contribution in [0.2, 0.25) is 0 Å². The fourth-order valence-corrected chi connectivity index (χ4v) is 2.20. The first-order chi connectivity index (χ1) is 9.08. The van der Waals surface area contributed by atoms with Crippen LogP contribution in [0.3, 0.4) is 0 Å². The van der Waals surface area contributed by atoms with Crippen LogP contribution in [-0.2, 0) is 4.74 Å². The zero-order valence-electron chi connectivity index (χ0n) is 10.6. The van der Waals surface area contributed by atoms with Crippen LogP contribution in [0.5, 0.6) is 0 Å². The van der Waals surface area contributed by atoms with Crippen molar-refractivity contribution in [2.75, 3.05) is 32.1 Å². The Labute approximate surface area is 115 Å². The molecule has 2 nitrogen and oxygen atoms in total. The van der Waals surface area contributed by atoms with Gasteiger partial charge in [-0.3, -0.25) is 0 Å². The van der Waals surface area contributed by atoms with Gasteiger partial charge >= 0.3 is 6.18 Å². The van der Waals surface area contributed by atoms with Crippen LogP contribution >= 0.6 is 11.8 Å². The van der Waals surface area contributed by atoms with E-state index in [9.17, 15) is 13.2 Å². The second-order valence-electron chi connectivity index (χ2n) is 3.93. The molecule has 6 heteroatoms. The Morgan fingerprint density at radius 1 is 1.11 bits per heavy atom. The zero-order chi connectivity index (χ0) is 14.0. The van der Waals surface area contributed by atoms with Crippen LogP contribution in [-0.4, -0.2) is 38.2 Å². The van der Waals surface area contributed by atoms with Crippen molar-refractivity contribution in [3.63, 3.8) is 0 Å². The van der Waals surface area contributed by atoms with E-state index in [4.69, 9.17) is 0 Å². The molecule has 0 saturated heterocycles. The van der Waals surface area contributed by atoms with Crippen LogP contribution in [0, 0.1) is 0 Å². The first kappa shape index (κ1) is 16.3. The third-order valence-electron chi connectivity index (χ3n) is 2.20. The minimum atomic E-state index is -4.22. The normalized spacial score (nSPS) is 11.7. The Bertz CT molecular complexity index is 332. The van der Waals surface area contributed by atoms with Crippen molar-refractivity contribution in [3.05, 3.63) is 30.3 Å². The predicted molar refractivity (Wildman–Crippen MR) is 71.5 cm³/mol. The number of hydrogen-bond donors (Lipinski definition) is 1. The van der Waals surface area contributed by atoms with Gasteiger partial charge in [0, 0.05) is 23.8 Å². The first-order valence-electron chi connectivity index (χ1n) is 6.11. The molecule has 0 aliphatic heterocycles. The largest absolute Gasteiger partial charge is 0.411 e. The molecule has 0 heterocycles. The molecule has 0 spiro atoms. The number of hydrogen-bond acceptors (Lipinski definition) is 3. The number of rotatable bonds is 9. The second-order valence-corrected chi connectivity index (χ2v) is 5.10. The van der Waals surface area contributed by atoms with Crippen molar-refractivity contribution in [2.24, 2.45) is 0 Å². The lowest BCUT2D eigenvalue weighted by Crippen LogP contribution is -2.22. The van der Waals surface area contributed by atoms with Crippen molar-refractivity contribution >= 4 is 11.8 Å². The lowest BCUT2D eigenvalue weighted by Gasteiger charge is -2.08. The van der Waals surface area contributed by atoms with Gasteiger partial charge in [-0.2, -0.15) is 13.2 Å². The van der Waals surface area contributed by atoms with Crippen molar-refractivity contribution in [1.82, 2.24) is 5.32 Å². The van der Waals surface area contributed by atoms with E-state index in [1.54, 1.807) is 11.8 Å². The Kier molecular flexibility index (Phi) is 7.93. The second kappa shape index (κ2) is 9.23. The van der Waals surface area contributed by atoms with Crippen molar-refractivity contribution in [3.8, 4) is 0 Å². The third kappa shape index (κ3) is 9.81. The fraction of sp³-hybridized carbons (Fsp3) is 0.538. The predicted octanol–water partition coefficient (Wildman–Crippen LogP) is 3.34. The van der Waals surface area contributed by atoms with Crippen LogP contribution in [0.4, 0.5) is 13.2 Å². The SMILES string of the molecule is FC(F)(F)COCCCNCCSc1ccccc1. The van der Waals surface area contributed by atoms with Crippen LogP contribution < -0.4 is 5.32 Å².